The Balaban J connectivity index is 2.21. The molecule has 0 spiro atoms. The van der Waals surface area contributed by atoms with Gasteiger partial charge in [0.25, 0.3) is 5.91 Å². The molecule has 1 amide bonds. The molecule has 21 heavy (non-hydrogen) atoms. The number of H-pyrrole nitrogens is 1. The van der Waals surface area contributed by atoms with E-state index in [2.05, 4.69) is 15.0 Å². The van der Waals surface area contributed by atoms with Crippen molar-refractivity contribution in [3.05, 3.63) is 36.0 Å². The molecule has 1 heterocycles. The summed E-state index contributed by atoms with van der Waals surface area (Å²) in [6, 6.07) is 5.46. The van der Waals surface area contributed by atoms with Crippen LogP contribution in [0.4, 0.5) is 0 Å². The zero-order chi connectivity index (χ0) is 15.4. The maximum atomic E-state index is 12.2. The lowest BCUT2D eigenvalue weighted by Gasteiger charge is -2.13. The van der Waals surface area contributed by atoms with Crippen molar-refractivity contribution < 1.29 is 24.2 Å². The minimum absolute atomic E-state index is 0.338. The maximum absolute atomic E-state index is 12.2. The largest absolute Gasteiger partial charge is 0.480 e. The number of methoxy groups -OCH3 is 1. The lowest BCUT2D eigenvalue weighted by Crippen LogP contribution is -2.42. The number of rotatable bonds is 5. The predicted octanol–water partition coefficient (Wildman–Crippen LogP) is 0.914. The second-order valence-corrected chi connectivity index (χ2v) is 4.39. The molecule has 7 nitrogen and oxygen atoms in total. The first kappa shape index (κ1) is 14.6. The van der Waals surface area contributed by atoms with Gasteiger partial charge in [0.2, 0.25) is 0 Å². The highest BCUT2D eigenvalue weighted by molar-refractivity contribution is 6.07. The average Bonchev–Trinajstić information content (AvgIpc) is 2.94. The number of aromatic nitrogens is 1. The first-order valence-corrected chi connectivity index (χ1v) is 6.19. The van der Waals surface area contributed by atoms with Crippen LogP contribution >= 0.6 is 0 Å². The first-order chi connectivity index (χ1) is 10.0. The lowest BCUT2D eigenvalue weighted by atomic mass is 10.1. The Morgan fingerprint density at radius 1 is 1.33 bits per heavy atom. The molecule has 0 aliphatic heterocycles. The predicted molar refractivity (Wildman–Crippen MR) is 73.8 cm³/mol. The molecule has 0 aliphatic rings. The number of carboxylic acids is 1. The number of carbonyl (C=O) groups excluding carboxylic acids is 2. The Morgan fingerprint density at radius 3 is 2.76 bits per heavy atom. The maximum Gasteiger partial charge on any atom is 0.326 e. The number of aliphatic carboxylic acids is 1. The van der Waals surface area contributed by atoms with Crippen molar-refractivity contribution in [3.8, 4) is 0 Å². The summed E-state index contributed by atoms with van der Waals surface area (Å²) in [6.07, 6.45) is 1.26. The number of hydrogen-bond acceptors (Lipinski definition) is 4. The number of carbonyl (C=O) groups is 3. The van der Waals surface area contributed by atoms with Gasteiger partial charge in [0, 0.05) is 22.7 Å². The molecule has 1 aromatic heterocycles. The van der Waals surface area contributed by atoms with Gasteiger partial charge in [0.05, 0.1) is 13.5 Å². The van der Waals surface area contributed by atoms with Gasteiger partial charge in [0.15, 0.2) is 0 Å². The van der Waals surface area contributed by atoms with Crippen LogP contribution in [-0.4, -0.2) is 41.1 Å². The molecular formula is C14H14N2O5. The first-order valence-electron chi connectivity index (χ1n) is 6.19. The van der Waals surface area contributed by atoms with Crippen LogP contribution in [0.3, 0.4) is 0 Å². The molecule has 1 atom stereocenters. The minimum atomic E-state index is -1.33. The molecule has 0 saturated heterocycles. The van der Waals surface area contributed by atoms with Crippen LogP contribution in [0, 0.1) is 0 Å². The fourth-order valence-corrected chi connectivity index (χ4v) is 1.97. The van der Waals surface area contributed by atoms with E-state index < -0.39 is 30.3 Å². The minimum Gasteiger partial charge on any atom is -0.480 e. The van der Waals surface area contributed by atoms with Gasteiger partial charge in [-0.05, 0) is 18.2 Å². The van der Waals surface area contributed by atoms with Crippen LogP contribution in [0.2, 0.25) is 0 Å². The van der Waals surface area contributed by atoms with Crippen LogP contribution in [0.5, 0.6) is 0 Å². The molecular weight excluding hydrogens is 276 g/mol. The molecule has 3 N–H and O–H groups in total. The van der Waals surface area contributed by atoms with E-state index in [9.17, 15) is 14.4 Å². The number of carboxylic acid groups (broad SMARTS) is 1. The van der Waals surface area contributed by atoms with E-state index in [1.54, 1.807) is 30.5 Å². The molecule has 2 rings (SSSR count). The third-order valence-corrected chi connectivity index (χ3v) is 3.04. The van der Waals surface area contributed by atoms with E-state index in [4.69, 9.17) is 5.11 Å². The van der Waals surface area contributed by atoms with Crippen molar-refractivity contribution in [2.24, 2.45) is 0 Å². The van der Waals surface area contributed by atoms with Gasteiger partial charge in [-0.1, -0.05) is 6.07 Å². The highest BCUT2D eigenvalue weighted by atomic mass is 16.5. The summed E-state index contributed by atoms with van der Waals surface area (Å²) in [5.41, 5.74) is 1.10. The van der Waals surface area contributed by atoms with Crippen molar-refractivity contribution in [3.63, 3.8) is 0 Å². The molecule has 110 valence electrons. The molecule has 0 bridgehead atoms. The van der Waals surface area contributed by atoms with Gasteiger partial charge in [-0.2, -0.15) is 0 Å². The average molecular weight is 290 g/mol. The highest BCUT2D eigenvalue weighted by Gasteiger charge is 2.24. The Labute approximate surface area is 119 Å². The normalized spacial score (nSPS) is 11.9. The zero-order valence-corrected chi connectivity index (χ0v) is 11.3. The number of benzene rings is 1. The van der Waals surface area contributed by atoms with E-state index in [0.717, 1.165) is 12.6 Å². The number of esters is 1. The highest BCUT2D eigenvalue weighted by Crippen LogP contribution is 2.17. The van der Waals surface area contributed by atoms with Gasteiger partial charge in [-0.25, -0.2) is 4.79 Å². The topological polar surface area (TPSA) is 108 Å². The summed E-state index contributed by atoms with van der Waals surface area (Å²) in [7, 11) is 1.16. The number of fused-ring (bicyclic) bond motifs is 1. The molecule has 0 radical (unpaired) electrons. The molecule has 1 aromatic carbocycles. The molecule has 2 aromatic rings. The summed E-state index contributed by atoms with van der Waals surface area (Å²) in [5.74, 6) is -2.56. The Hall–Kier alpha value is -2.83. The monoisotopic (exact) mass is 290 g/mol. The zero-order valence-electron chi connectivity index (χ0n) is 11.3. The second-order valence-electron chi connectivity index (χ2n) is 4.39. The van der Waals surface area contributed by atoms with Crippen LogP contribution in [0.15, 0.2) is 30.5 Å². The van der Waals surface area contributed by atoms with Crippen LogP contribution < -0.4 is 5.32 Å². The summed E-state index contributed by atoms with van der Waals surface area (Å²) in [5, 5.41) is 12.1. The van der Waals surface area contributed by atoms with E-state index in [0.29, 0.717) is 10.9 Å². The molecule has 0 saturated carbocycles. The summed E-state index contributed by atoms with van der Waals surface area (Å²) < 4.78 is 4.42. The fourth-order valence-electron chi connectivity index (χ4n) is 1.97. The molecule has 7 heteroatoms. The molecule has 0 fully saturated rings. The number of nitrogens with one attached hydrogen (secondary N) is 2. The Bertz CT molecular complexity index is 691. The van der Waals surface area contributed by atoms with Crippen LogP contribution in [0.25, 0.3) is 10.9 Å². The van der Waals surface area contributed by atoms with E-state index in [1.807, 2.05) is 0 Å². The molecule has 0 aliphatic carbocycles. The third-order valence-electron chi connectivity index (χ3n) is 3.04. The second kappa shape index (κ2) is 6.08. The van der Waals surface area contributed by atoms with Crippen molar-refractivity contribution >= 4 is 28.7 Å². The van der Waals surface area contributed by atoms with Gasteiger partial charge in [-0.3, -0.25) is 9.59 Å². The SMILES string of the molecule is COC(=O)C[C@H](NC(=O)c1cccc2[nH]ccc12)C(=O)O. The summed E-state index contributed by atoms with van der Waals surface area (Å²) >= 11 is 0. The standard InChI is InChI=1S/C14H14N2O5/c1-21-12(17)7-11(14(19)20)16-13(18)9-3-2-4-10-8(9)5-6-15-10/h2-6,11,15H,7H2,1H3,(H,16,18)(H,19,20)/t11-/m0/s1. The van der Waals surface area contributed by atoms with Gasteiger partial charge >= 0.3 is 11.9 Å². The van der Waals surface area contributed by atoms with Crippen LogP contribution in [-0.2, 0) is 14.3 Å². The van der Waals surface area contributed by atoms with Gasteiger partial charge in [0.1, 0.15) is 6.04 Å². The number of amides is 1. The van der Waals surface area contributed by atoms with Crippen molar-refractivity contribution in [1.82, 2.24) is 10.3 Å². The van der Waals surface area contributed by atoms with Crippen molar-refractivity contribution in [1.29, 1.82) is 0 Å². The summed E-state index contributed by atoms with van der Waals surface area (Å²) in [4.78, 5) is 37.4. The molecule has 0 unspecified atom stereocenters. The van der Waals surface area contributed by atoms with Gasteiger partial charge in [-0.15, -0.1) is 0 Å². The Morgan fingerprint density at radius 2 is 2.10 bits per heavy atom. The lowest BCUT2D eigenvalue weighted by molar-refractivity contribution is -0.147. The number of hydrogen-bond donors (Lipinski definition) is 3. The van der Waals surface area contributed by atoms with Crippen molar-refractivity contribution in [2.75, 3.05) is 7.11 Å². The smallest absolute Gasteiger partial charge is 0.326 e. The van der Waals surface area contributed by atoms with E-state index >= 15 is 0 Å². The van der Waals surface area contributed by atoms with Crippen LogP contribution in [0.1, 0.15) is 16.8 Å². The fraction of sp³-hybridized carbons (Fsp3) is 0.214. The van der Waals surface area contributed by atoms with Crippen molar-refractivity contribution in [2.45, 2.75) is 12.5 Å². The Kier molecular flexibility index (Phi) is 4.22. The third kappa shape index (κ3) is 3.19. The summed E-state index contributed by atoms with van der Waals surface area (Å²) in [6.45, 7) is 0. The number of aromatic amines is 1. The number of ether oxygens (including phenoxy) is 1. The van der Waals surface area contributed by atoms with Gasteiger partial charge < -0.3 is 20.1 Å². The van der Waals surface area contributed by atoms with E-state index in [1.165, 1.54) is 0 Å². The van der Waals surface area contributed by atoms with E-state index in [-0.39, 0.29) is 0 Å². The quantitative estimate of drug-likeness (QED) is 0.709.